The number of benzene rings is 1. The van der Waals surface area contributed by atoms with Gasteiger partial charge in [-0.25, -0.2) is 4.79 Å². The Morgan fingerprint density at radius 2 is 2.12 bits per heavy atom. The van der Waals surface area contributed by atoms with Gasteiger partial charge in [0.05, 0.1) is 17.1 Å². The summed E-state index contributed by atoms with van der Waals surface area (Å²) in [5.74, 6) is -0.864. The summed E-state index contributed by atoms with van der Waals surface area (Å²) in [6.07, 6.45) is 0. The number of nitrogens with one attached hydrogen (secondary N) is 1. The van der Waals surface area contributed by atoms with Gasteiger partial charge in [-0.2, -0.15) is 0 Å². The molecule has 0 aliphatic rings. The summed E-state index contributed by atoms with van der Waals surface area (Å²) in [5, 5.41) is 18.2. The van der Waals surface area contributed by atoms with Crippen molar-refractivity contribution in [3.63, 3.8) is 0 Å². The summed E-state index contributed by atoms with van der Waals surface area (Å²) in [7, 11) is 0. The molecular formula is C10H10N2O4. The Balaban J connectivity index is 3.08. The minimum absolute atomic E-state index is 0.0362. The Morgan fingerprint density at radius 3 is 2.69 bits per heavy atom. The number of hydrogen-bond acceptors (Lipinski definition) is 5. The minimum atomic E-state index is -0.864. The molecule has 0 atom stereocenters. The zero-order valence-electron chi connectivity index (χ0n) is 8.60. The molecule has 0 saturated heterocycles. The average Bonchev–Trinajstić information content (AvgIpc) is 2.28. The normalized spacial score (nSPS) is 9.56. The molecular weight excluding hydrogens is 212 g/mol. The van der Waals surface area contributed by atoms with Gasteiger partial charge in [-0.05, 0) is 13.0 Å². The molecule has 0 spiro atoms. The number of esters is 1. The second kappa shape index (κ2) is 5.01. The first-order valence-corrected chi connectivity index (χ1v) is 4.57. The molecule has 0 saturated carbocycles. The van der Waals surface area contributed by atoms with Gasteiger partial charge in [0.25, 0.3) is 5.69 Å². The van der Waals surface area contributed by atoms with Crippen molar-refractivity contribution in [1.82, 2.24) is 0 Å². The molecule has 1 rings (SSSR count). The second-order valence-corrected chi connectivity index (χ2v) is 2.87. The number of carbonyl (C=O) groups is 1. The highest BCUT2D eigenvalue weighted by Gasteiger charge is 2.22. The van der Waals surface area contributed by atoms with Gasteiger partial charge in [-0.1, -0.05) is 12.1 Å². The van der Waals surface area contributed by atoms with Crippen LogP contribution in [0.3, 0.4) is 0 Å². The van der Waals surface area contributed by atoms with E-state index < -0.39 is 16.6 Å². The van der Waals surface area contributed by atoms with Crippen molar-refractivity contribution in [2.24, 2.45) is 0 Å². The highest BCUT2D eigenvalue weighted by atomic mass is 16.6. The second-order valence-electron chi connectivity index (χ2n) is 2.87. The predicted molar refractivity (Wildman–Crippen MR) is 56.6 cm³/mol. The molecule has 0 radical (unpaired) electrons. The first-order valence-electron chi connectivity index (χ1n) is 4.57. The number of ether oxygens (including phenoxy) is 1. The quantitative estimate of drug-likeness (QED) is 0.361. The fourth-order valence-electron chi connectivity index (χ4n) is 1.16. The van der Waals surface area contributed by atoms with E-state index in [4.69, 9.17) is 5.41 Å². The Morgan fingerprint density at radius 1 is 1.50 bits per heavy atom. The third-order valence-corrected chi connectivity index (χ3v) is 1.85. The van der Waals surface area contributed by atoms with Gasteiger partial charge in [-0.15, -0.1) is 0 Å². The van der Waals surface area contributed by atoms with Gasteiger partial charge in [0, 0.05) is 6.07 Å². The molecule has 16 heavy (non-hydrogen) atoms. The van der Waals surface area contributed by atoms with E-state index in [0.717, 1.165) is 0 Å². The molecule has 0 unspecified atom stereocenters. The molecule has 6 heteroatoms. The molecule has 0 aliphatic carbocycles. The minimum Gasteiger partial charge on any atom is -0.461 e. The number of nitrogens with zero attached hydrogens (tertiary/aromatic N) is 1. The zero-order valence-corrected chi connectivity index (χ0v) is 8.60. The number of para-hydroxylation sites is 1. The molecule has 1 N–H and O–H groups in total. The van der Waals surface area contributed by atoms with Crippen molar-refractivity contribution >= 4 is 17.4 Å². The first-order chi connectivity index (χ1) is 7.57. The summed E-state index contributed by atoms with van der Waals surface area (Å²) < 4.78 is 4.61. The van der Waals surface area contributed by atoms with Crippen LogP contribution in [0.2, 0.25) is 0 Å². The summed E-state index contributed by atoms with van der Waals surface area (Å²) in [6.45, 7) is 1.73. The molecule has 6 nitrogen and oxygen atoms in total. The van der Waals surface area contributed by atoms with Gasteiger partial charge < -0.3 is 4.74 Å². The molecule has 0 amide bonds. The van der Waals surface area contributed by atoms with Crippen LogP contribution in [0.5, 0.6) is 0 Å². The summed E-state index contributed by atoms with van der Waals surface area (Å²) in [4.78, 5) is 21.3. The van der Waals surface area contributed by atoms with Crippen LogP contribution < -0.4 is 0 Å². The maximum absolute atomic E-state index is 11.2. The van der Waals surface area contributed by atoms with Crippen LogP contribution in [0.25, 0.3) is 0 Å². The highest BCUT2D eigenvalue weighted by molar-refractivity contribution is 6.42. The van der Waals surface area contributed by atoms with Gasteiger partial charge in [0.15, 0.2) is 5.71 Å². The van der Waals surface area contributed by atoms with Crippen LogP contribution in [0.4, 0.5) is 5.69 Å². The van der Waals surface area contributed by atoms with E-state index in [-0.39, 0.29) is 17.9 Å². The lowest BCUT2D eigenvalue weighted by molar-refractivity contribution is -0.385. The van der Waals surface area contributed by atoms with Crippen LogP contribution >= 0.6 is 0 Å². The van der Waals surface area contributed by atoms with Crippen molar-refractivity contribution in [1.29, 1.82) is 5.41 Å². The maximum Gasteiger partial charge on any atom is 0.357 e. The topological polar surface area (TPSA) is 93.3 Å². The third-order valence-electron chi connectivity index (χ3n) is 1.85. The number of nitro groups is 1. The molecule has 0 aromatic heterocycles. The lowest BCUT2D eigenvalue weighted by Crippen LogP contribution is -2.18. The van der Waals surface area contributed by atoms with E-state index in [1.54, 1.807) is 6.92 Å². The smallest absolute Gasteiger partial charge is 0.357 e. The number of hydrogen-bond donors (Lipinski definition) is 1. The Hall–Kier alpha value is -2.24. The highest BCUT2D eigenvalue weighted by Crippen LogP contribution is 2.18. The summed E-state index contributed by atoms with van der Waals surface area (Å²) >= 11 is 0. The molecule has 84 valence electrons. The Labute approximate surface area is 91.5 Å². The molecule has 1 aromatic carbocycles. The SMILES string of the molecule is CCOC(=O)C(=N)c1ccccc1[N+](=O)[O-]. The lowest BCUT2D eigenvalue weighted by atomic mass is 10.1. The summed E-state index contributed by atoms with van der Waals surface area (Å²) in [6, 6.07) is 5.58. The van der Waals surface area contributed by atoms with Gasteiger partial charge >= 0.3 is 5.97 Å². The van der Waals surface area contributed by atoms with Crippen molar-refractivity contribution in [3.8, 4) is 0 Å². The Bertz CT molecular complexity index is 442. The van der Waals surface area contributed by atoms with Crippen molar-refractivity contribution in [2.45, 2.75) is 6.92 Å². The van der Waals surface area contributed by atoms with E-state index in [1.165, 1.54) is 24.3 Å². The fraction of sp³-hybridized carbons (Fsp3) is 0.200. The standard InChI is InChI=1S/C10H10N2O4/c1-2-16-10(13)9(11)7-5-3-4-6-8(7)12(14)15/h3-6,11H,2H2,1H3. The first kappa shape index (κ1) is 11.8. The van der Waals surface area contributed by atoms with Gasteiger partial charge in [0.1, 0.15) is 0 Å². The zero-order chi connectivity index (χ0) is 12.1. The van der Waals surface area contributed by atoms with Crippen LogP contribution in [0.1, 0.15) is 12.5 Å². The fourth-order valence-corrected chi connectivity index (χ4v) is 1.16. The average molecular weight is 222 g/mol. The predicted octanol–water partition coefficient (Wildman–Crippen LogP) is 1.53. The Kier molecular flexibility index (Phi) is 3.71. The number of rotatable bonds is 4. The molecule has 1 aromatic rings. The largest absolute Gasteiger partial charge is 0.461 e. The molecule has 0 aliphatic heterocycles. The monoisotopic (exact) mass is 222 g/mol. The van der Waals surface area contributed by atoms with Gasteiger partial charge in [0.2, 0.25) is 0 Å². The van der Waals surface area contributed by atoms with Crippen LogP contribution in [-0.2, 0) is 9.53 Å². The lowest BCUT2D eigenvalue weighted by Gasteiger charge is -2.04. The van der Waals surface area contributed by atoms with E-state index in [9.17, 15) is 14.9 Å². The molecule has 0 fully saturated rings. The number of nitro benzene ring substituents is 1. The molecule has 0 heterocycles. The van der Waals surface area contributed by atoms with Gasteiger partial charge in [-0.3, -0.25) is 15.5 Å². The van der Waals surface area contributed by atoms with Crippen LogP contribution in [-0.4, -0.2) is 23.2 Å². The van der Waals surface area contributed by atoms with E-state index in [0.29, 0.717) is 0 Å². The number of carbonyl (C=O) groups excluding carboxylic acids is 1. The van der Waals surface area contributed by atoms with Crippen molar-refractivity contribution in [2.75, 3.05) is 6.61 Å². The van der Waals surface area contributed by atoms with Crippen LogP contribution in [0.15, 0.2) is 24.3 Å². The summed E-state index contributed by atoms with van der Waals surface area (Å²) in [5.41, 5.74) is -0.819. The van der Waals surface area contributed by atoms with E-state index in [2.05, 4.69) is 4.74 Å². The molecule has 0 bridgehead atoms. The van der Waals surface area contributed by atoms with Crippen molar-refractivity contribution in [3.05, 3.63) is 39.9 Å². The van der Waals surface area contributed by atoms with Crippen LogP contribution in [0, 0.1) is 15.5 Å². The maximum atomic E-state index is 11.2. The van der Waals surface area contributed by atoms with E-state index >= 15 is 0 Å². The third kappa shape index (κ3) is 2.41. The van der Waals surface area contributed by atoms with Crippen molar-refractivity contribution < 1.29 is 14.5 Å². The van der Waals surface area contributed by atoms with E-state index in [1.807, 2.05) is 0 Å².